The number of carbonyl (C=O) groups is 1. The number of aldehydes is 1. The smallest absolute Gasteiger partial charge is 0.149 e. The first-order chi connectivity index (χ1) is 5.33. The number of allylic oxidation sites excluding steroid dienone is 1. The molecule has 1 rings (SSSR count). The molecule has 0 saturated heterocycles. The van der Waals surface area contributed by atoms with Crippen molar-refractivity contribution in [3.8, 4) is 0 Å². The van der Waals surface area contributed by atoms with Gasteiger partial charge in [-0.3, -0.25) is 4.79 Å². The molecule has 0 radical (unpaired) electrons. The Morgan fingerprint density at radius 3 is 3.18 bits per heavy atom. The van der Waals surface area contributed by atoms with Gasteiger partial charge in [-0.25, -0.2) is 0 Å². The van der Waals surface area contributed by atoms with E-state index in [1.807, 2.05) is 6.92 Å². The Bertz CT molecular complexity index is 161. The fraction of sp³-hybridized carbons (Fsp3) is 0.667. The summed E-state index contributed by atoms with van der Waals surface area (Å²) in [4.78, 5) is 10.4. The van der Waals surface area contributed by atoms with Crippen molar-refractivity contribution in [2.75, 3.05) is 0 Å². The van der Waals surface area contributed by atoms with Gasteiger partial charge in [-0.2, -0.15) is 0 Å². The third kappa shape index (κ3) is 2.74. The standard InChI is InChI=1S/C9H14O2/c1-8-4-2-3-5-9(6-10)7-11-8/h6-8H,2-5H2,1H3. The van der Waals surface area contributed by atoms with Gasteiger partial charge in [-0.05, 0) is 32.6 Å². The van der Waals surface area contributed by atoms with Gasteiger partial charge in [-0.1, -0.05) is 0 Å². The first-order valence-electron chi connectivity index (χ1n) is 4.12. The van der Waals surface area contributed by atoms with Gasteiger partial charge in [0, 0.05) is 5.57 Å². The summed E-state index contributed by atoms with van der Waals surface area (Å²) < 4.78 is 5.29. The summed E-state index contributed by atoms with van der Waals surface area (Å²) in [5.41, 5.74) is 0.788. The molecule has 1 unspecified atom stereocenters. The molecule has 0 aromatic heterocycles. The van der Waals surface area contributed by atoms with Gasteiger partial charge in [0.1, 0.15) is 6.29 Å². The van der Waals surface area contributed by atoms with Crippen molar-refractivity contribution >= 4 is 6.29 Å². The molecule has 1 heterocycles. The summed E-state index contributed by atoms with van der Waals surface area (Å²) in [6.45, 7) is 2.03. The molecule has 0 saturated carbocycles. The lowest BCUT2D eigenvalue weighted by atomic mass is 10.1. The molecule has 0 bridgehead atoms. The lowest BCUT2D eigenvalue weighted by Gasteiger charge is -2.14. The largest absolute Gasteiger partial charge is 0.498 e. The maximum absolute atomic E-state index is 10.4. The maximum Gasteiger partial charge on any atom is 0.149 e. The van der Waals surface area contributed by atoms with Crippen LogP contribution in [0.1, 0.15) is 32.6 Å². The van der Waals surface area contributed by atoms with Crippen LogP contribution in [0, 0.1) is 0 Å². The highest BCUT2D eigenvalue weighted by Crippen LogP contribution is 2.14. The van der Waals surface area contributed by atoms with E-state index in [2.05, 4.69) is 0 Å². The predicted octanol–water partition coefficient (Wildman–Crippen LogP) is 2.05. The van der Waals surface area contributed by atoms with Crippen LogP contribution in [0.4, 0.5) is 0 Å². The van der Waals surface area contributed by atoms with Gasteiger partial charge in [0.15, 0.2) is 0 Å². The van der Waals surface area contributed by atoms with Crippen LogP contribution in [-0.2, 0) is 9.53 Å². The van der Waals surface area contributed by atoms with Crippen molar-refractivity contribution < 1.29 is 9.53 Å². The Kier molecular flexibility index (Phi) is 3.14. The Labute approximate surface area is 67.2 Å². The number of rotatable bonds is 1. The summed E-state index contributed by atoms with van der Waals surface area (Å²) in [5.74, 6) is 0. The zero-order valence-corrected chi connectivity index (χ0v) is 6.88. The van der Waals surface area contributed by atoms with E-state index in [0.717, 1.165) is 37.5 Å². The zero-order chi connectivity index (χ0) is 8.10. The molecule has 1 atom stereocenters. The molecule has 0 aromatic carbocycles. The minimum absolute atomic E-state index is 0.269. The van der Waals surface area contributed by atoms with Gasteiger partial charge in [0.2, 0.25) is 0 Å². The molecule has 1 aliphatic heterocycles. The average Bonchev–Trinajstić information content (AvgIpc) is 1.98. The Morgan fingerprint density at radius 1 is 1.64 bits per heavy atom. The second-order valence-corrected chi connectivity index (χ2v) is 3.00. The van der Waals surface area contributed by atoms with E-state index in [1.54, 1.807) is 6.26 Å². The molecule has 0 N–H and O–H groups in total. The highest BCUT2D eigenvalue weighted by molar-refractivity contribution is 5.72. The van der Waals surface area contributed by atoms with E-state index < -0.39 is 0 Å². The second kappa shape index (κ2) is 4.16. The van der Waals surface area contributed by atoms with Crippen LogP contribution in [0.5, 0.6) is 0 Å². The molecule has 62 valence electrons. The first-order valence-corrected chi connectivity index (χ1v) is 4.12. The summed E-state index contributed by atoms with van der Waals surface area (Å²) in [6.07, 6.45) is 7.00. The number of hydrogen-bond acceptors (Lipinski definition) is 2. The normalized spacial score (nSPS) is 25.9. The highest BCUT2D eigenvalue weighted by atomic mass is 16.5. The van der Waals surface area contributed by atoms with Gasteiger partial charge >= 0.3 is 0 Å². The van der Waals surface area contributed by atoms with Crippen LogP contribution in [0.15, 0.2) is 11.8 Å². The molecule has 2 nitrogen and oxygen atoms in total. The molecule has 0 spiro atoms. The molecule has 0 fully saturated rings. The fourth-order valence-electron chi connectivity index (χ4n) is 1.18. The van der Waals surface area contributed by atoms with E-state index in [4.69, 9.17) is 4.74 Å². The van der Waals surface area contributed by atoms with Gasteiger partial charge < -0.3 is 4.74 Å². The maximum atomic E-state index is 10.4. The molecule has 0 amide bonds. The third-order valence-electron chi connectivity index (χ3n) is 1.93. The summed E-state index contributed by atoms with van der Waals surface area (Å²) >= 11 is 0. The lowest BCUT2D eigenvalue weighted by molar-refractivity contribution is -0.105. The van der Waals surface area contributed by atoms with Gasteiger partial charge in [0.05, 0.1) is 12.4 Å². The molecular formula is C9H14O2. The molecule has 0 aromatic rings. The van der Waals surface area contributed by atoms with Crippen LogP contribution < -0.4 is 0 Å². The zero-order valence-electron chi connectivity index (χ0n) is 6.88. The van der Waals surface area contributed by atoms with E-state index in [-0.39, 0.29) is 6.10 Å². The fourth-order valence-corrected chi connectivity index (χ4v) is 1.18. The number of hydrogen-bond donors (Lipinski definition) is 0. The topological polar surface area (TPSA) is 26.3 Å². The van der Waals surface area contributed by atoms with Crippen LogP contribution in [-0.4, -0.2) is 12.4 Å². The van der Waals surface area contributed by atoms with Gasteiger partial charge in [-0.15, -0.1) is 0 Å². The Hall–Kier alpha value is -0.790. The van der Waals surface area contributed by atoms with Crippen molar-refractivity contribution in [2.45, 2.75) is 38.7 Å². The number of carbonyl (C=O) groups excluding carboxylic acids is 1. The van der Waals surface area contributed by atoms with Crippen molar-refractivity contribution in [3.63, 3.8) is 0 Å². The SMILES string of the molecule is CC1CCCCC(C=O)=CO1. The van der Waals surface area contributed by atoms with E-state index >= 15 is 0 Å². The number of ether oxygens (including phenoxy) is 1. The predicted molar refractivity (Wildman–Crippen MR) is 43.2 cm³/mol. The van der Waals surface area contributed by atoms with Crippen molar-refractivity contribution in [1.82, 2.24) is 0 Å². The molecule has 2 heteroatoms. The Morgan fingerprint density at radius 2 is 2.45 bits per heavy atom. The molecule has 0 aliphatic carbocycles. The summed E-state index contributed by atoms with van der Waals surface area (Å²) in [7, 11) is 0. The average molecular weight is 154 g/mol. The highest BCUT2D eigenvalue weighted by Gasteiger charge is 2.06. The van der Waals surface area contributed by atoms with Crippen LogP contribution >= 0.6 is 0 Å². The van der Waals surface area contributed by atoms with E-state index in [9.17, 15) is 4.79 Å². The summed E-state index contributed by atoms with van der Waals surface area (Å²) in [5, 5.41) is 0. The minimum atomic E-state index is 0.269. The van der Waals surface area contributed by atoms with E-state index in [0.29, 0.717) is 0 Å². The third-order valence-corrected chi connectivity index (χ3v) is 1.93. The van der Waals surface area contributed by atoms with Crippen LogP contribution in [0.3, 0.4) is 0 Å². The van der Waals surface area contributed by atoms with Crippen molar-refractivity contribution in [1.29, 1.82) is 0 Å². The summed E-state index contributed by atoms with van der Waals surface area (Å²) in [6, 6.07) is 0. The van der Waals surface area contributed by atoms with Crippen molar-refractivity contribution in [2.24, 2.45) is 0 Å². The Balaban J connectivity index is 2.51. The van der Waals surface area contributed by atoms with Crippen molar-refractivity contribution in [3.05, 3.63) is 11.8 Å². The lowest BCUT2D eigenvalue weighted by Crippen LogP contribution is -2.07. The quantitative estimate of drug-likeness (QED) is 0.540. The molecular weight excluding hydrogens is 140 g/mol. The first kappa shape index (κ1) is 8.31. The van der Waals surface area contributed by atoms with Crippen LogP contribution in [0.2, 0.25) is 0 Å². The minimum Gasteiger partial charge on any atom is -0.498 e. The monoisotopic (exact) mass is 154 g/mol. The second-order valence-electron chi connectivity index (χ2n) is 3.00. The molecule has 1 aliphatic rings. The van der Waals surface area contributed by atoms with Crippen LogP contribution in [0.25, 0.3) is 0 Å². The van der Waals surface area contributed by atoms with Gasteiger partial charge in [0.25, 0.3) is 0 Å². The molecule has 11 heavy (non-hydrogen) atoms. The van der Waals surface area contributed by atoms with E-state index in [1.165, 1.54) is 0 Å².